The molecule has 31 heavy (non-hydrogen) atoms. The summed E-state index contributed by atoms with van der Waals surface area (Å²) in [7, 11) is 0. The van der Waals surface area contributed by atoms with Crippen LogP contribution in [-0.2, 0) is 11.2 Å². The summed E-state index contributed by atoms with van der Waals surface area (Å²) in [5, 5.41) is 22.9. The van der Waals surface area contributed by atoms with E-state index in [0.717, 1.165) is 0 Å². The quantitative estimate of drug-likeness (QED) is 0.293. The summed E-state index contributed by atoms with van der Waals surface area (Å²) >= 11 is 5.38. The van der Waals surface area contributed by atoms with Gasteiger partial charge >= 0.3 is 5.97 Å². The van der Waals surface area contributed by atoms with Gasteiger partial charge in [0.25, 0.3) is 5.69 Å². The average Bonchev–Trinajstić information content (AvgIpc) is 2.73. The first-order chi connectivity index (χ1) is 14.8. The SMILES string of the molecule is O=C(O)COc1ccc(-c2ccccc2F)cc1NC(=S)Cc1cccc([N+](=O)[O-])c1. The van der Waals surface area contributed by atoms with Crippen molar-refractivity contribution in [2.24, 2.45) is 0 Å². The number of rotatable bonds is 8. The maximum absolute atomic E-state index is 14.2. The van der Waals surface area contributed by atoms with Crippen LogP contribution >= 0.6 is 12.2 Å². The maximum atomic E-state index is 14.2. The van der Waals surface area contributed by atoms with E-state index < -0.39 is 23.3 Å². The first-order valence-electron chi connectivity index (χ1n) is 9.10. The molecule has 0 aliphatic heterocycles. The Morgan fingerprint density at radius 3 is 2.61 bits per heavy atom. The van der Waals surface area contributed by atoms with Gasteiger partial charge in [-0.1, -0.05) is 48.6 Å². The van der Waals surface area contributed by atoms with Crippen LogP contribution in [0.15, 0.2) is 66.7 Å². The third-order valence-corrected chi connectivity index (χ3v) is 4.52. The van der Waals surface area contributed by atoms with Gasteiger partial charge in [0.1, 0.15) is 11.6 Å². The molecule has 3 aromatic carbocycles. The fourth-order valence-electron chi connectivity index (χ4n) is 2.92. The second kappa shape index (κ2) is 9.77. The second-order valence-corrected chi connectivity index (χ2v) is 7.02. The van der Waals surface area contributed by atoms with Gasteiger partial charge in [-0.3, -0.25) is 10.1 Å². The summed E-state index contributed by atoms with van der Waals surface area (Å²) in [6.45, 7) is -0.564. The molecule has 158 valence electrons. The van der Waals surface area contributed by atoms with Crippen LogP contribution < -0.4 is 10.1 Å². The number of nitrogens with zero attached hydrogens (tertiary/aromatic N) is 1. The Morgan fingerprint density at radius 1 is 1.13 bits per heavy atom. The van der Waals surface area contributed by atoms with Gasteiger partial charge < -0.3 is 15.2 Å². The van der Waals surface area contributed by atoms with Crippen LogP contribution in [0.25, 0.3) is 11.1 Å². The number of aliphatic carboxylic acids is 1. The minimum atomic E-state index is -1.15. The van der Waals surface area contributed by atoms with Gasteiger partial charge in [0.2, 0.25) is 0 Å². The van der Waals surface area contributed by atoms with E-state index in [4.69, 9.17) is 22.1 Å². The van der Waals surface area contributed by atoms with Gasteiger partial charge in [-0.2, -0.15) is 0 Å². The Hall–Kier alpha value is -3.85. The Morgan fingerprint density at radius 2 is 1.90 bits per heavy atom. The summed E-state index contributed by atoms with van der Waals surface area (Å²) in [5.41, 5.74) is 1.84. The van der Waals surface area contributed by atoms with Crippen LogP contribution in [0.4, 0.5) is 15.8 Å². The highest BCUT2D eigenvalue weighted by atomic mass is 32.1. The molecule has 0 spiro atoms. The smallest absolute Gasteiger partial charge is 0.341 e. The highest BCUT2D eigenvalue weighted by molar-refractivity contribution is 7.80. The van der Waals surface area contributed by atoms with Gasteiger partial charge in [-0.05, 0) is 29.3 Å². The van der Waals surface area contributed by atoms with E-state index >= 15 is 0 Å². The minimum Gasteiger partial charge on any atom is -0.480 e. The fourth-order valence-corrected chi connectivity index (χ4v) is 3.19. The number of hydrogen-bond acceptors (Lipinski definition) is 5. The summed E-state index contributed by atoms with van der Waals surface area (Å²) in [6, 6.07) is 17.1. The molecule has 0 fully saturated rings. The molecule has 0 saturated heterocycles. The predicted octanol–water partition coefficient (Wildman–Crippen LogP) is 4.85. The predicted molar refractivity (Wildman–Crippen MR) is 118 cm³/mol. The first-order valence-corrected chi connectivity index (χ1v) is 9.51. The topological polar surface area (TPSA) is 102 Å². The fraction of sp³-hybridized carbons (Fsp3) is 0.0909. The number of thiocarbonyl (C=S) groups is 1. The maximum Gasteiger partial charge on any atom is 0.341 e. The molecule has 0 atom stereocenters. The van der Waals surface area contributed by atoms with Crippen molar-refractivity contribution < 1.29 is 24.0 Å². The number of ether oxygens (including phenoxy) is 1. The van der Waals surface area contributed by atoms with Gasteiger partial charge in [-0.25, -0.2) is 9.18 Å². The van der Waals surface area contributed by atoms with Gasteiger partial charge in [0.05, 0.1) is 15.6 Å². The number of nitro groups is 1. The number of hydrogen-bond donors (Lipinski definition) is 2. The van der Waals surface area contributed by atoms with Crippen LogP contribution in [0.1, 0.15) is 5.56 Å². The molecule has 3 rings (SSSR count). The molecule has 2 N–H and O–H groups in total. The molecule has 0 unspecified atom stereocenters. The van der Waals surface area contributed by atoms with E-state index in [1.807, 2.05) is 0 Å². The van der Waals surface area contributed by atoms with Crippen molar-refractivity contribution in [1.82, 2.24) is 0 Å². The molecule has 0 radical (unpaired) electrons. The summed E-state index contributed by atoms with van der Waals surface area (Å²) in [4.78, 5) is 21.7. The van der Waals surface area contributed by atoms with Crippen LogP contribution in [-0.4, -0.2) is 27.6 Å². The van der Waals surface area contributed by atoms with E-state index in [2.05, 4.69) is 5.32 Å². The third kappa shape index (κ3) is 5.83. The number of carboxylic acid groups (broad SMARTS) is 1. The van der Waals surface area contributed by atoms with Crippen molar-refractivity contribution in [3.63, 3.8) is 0 Å². The lowest BCUT2D eigenvalue weighted by Gasteiger charge is -2.15. The second-order valence-electron chi connectivity index (χ2n) is 6.53. The van der Waals surface area contributed by atoms with E-state index in [-0.39, 0.29) is 17.9 Å². The van der Waals surface area contributed by atoms with Crippen LogP contribution in [0, 0.1) is 15.9 Å². The lowest BCUT2D eigenvalue weighted by Crippen LogP contribution is -2.15. The molecule has 0 heterocycles. The zero-order chi connectivity index (χ0) is 22.4. The number of carboxylic acids is 1. The molecule has 0 amide bonds. The Kier molecular flexibility index (Phi) is 6.88. The van der Waals surface area contributed by atoms with Crippen molar-refractivity contribution in [3.8, 4) is 16.9 Å². The average molecular weight is 440 g/mol. The summed E-state index contributed by atoms with van der Waals surface area (Å²) in [6.07, 6.45) is 0.208. The van der Waals surface area contributed by atoms with Crippen LogP contribution in [0.2, 0.25) is 0 Å². The molecule has 0 bridgehead atoms. The molecule has 0 aliphatic carbocycles. The highest BCUT2D eigenvalue weighted by Gasteiger charge is 2.13. The van der Waals surface area contributed by atoms with Crippen LogP contribution in [0.3, 0.4) is 0 Å². The first kappa shape index (κ1) is 21.8. The normalized spacial score (nSPS) is 10.4. The van der Waals surface area contributed by atoms with Gasteiger partial charge in [0, 0.05) is 24.1 Å². The molecular formula is C22H17FN2O5S. The van der Waals surface area contributed by atoms with E-state index in [1.54, 1.807) is 42.5 Å². The Bertz CT molecular complexity index is 1150. The monoisotopic (exact) mass is 440 g/mol. The standard InChI is InChI=1S/C22H17FN2O5S/c23-18-7-2-1-6-17(18)15-8-9-20(30-13-22(26)27)19(12-15)24-21(31)11-14-4-3-5-16(10-14)25(28)29/h1-10,12H,11,13H2,(H,24,31)(H,26,27). The van der Waals surface area contributed by atoms with Crippen molar-refractivity contribution in [2.45, 2.75) is 6.42 Å². The summed E-state index contributed by atoms with van der Waals surface area (Å²) < 4.78 is 19.5. The molecule has 3 aromatic rings. The van der Waals surface area contributed by atoms with E-state index in [0.29, 0.717) is 27.4 Å². The Balaban J connectivity index is 1.87. The number of non-ortho nitro benzene ring substituents is 1. The van der Waals surface area contributed by atoms with Gasteiger partial charge in [-0.15, -0.1) is 0 Å². The number of nitro benzene ring substituents is 1. The lowest BCUT2D eigenvalue weighted by molar-refractivity contribution is -0.384. The van der Waals surface area contributed by atoms with E-state index in [9.17, 15) is 19.3 Å². The molecule has 0 aromatic heterocycles. The van der Waals surface area contributed by atoms with Crippen molar-refractivity contribution in [1.29, 1.82) is 0 Å². The highest BCUT2D eigenvalue weighted by Crippen LogP contribution is 2.32. The number of nitrogens with one attached hydrogen (secondary N) is 1. The van der Waals surface area contributed by atoms with Crippen LogP contribution in [0.5, 0.6) is 5.75 Å². The molecule has 0 aliphatic rings. The number of anilines is 1. The third-order valence-electron chi connectivity index (χ3n) is 4.28. The van der Waals surface area contributed by atoms with Crippen molar-refractivity contribution in [3.05, 3.63) is 88.2 Å². The Labute approximate surface area is 182 Å². The number of carbonyl (C=O) groups is 1. The summed E-state index contributed by atoms with van der Waals surface area (Å²) in [5.74, 6) is -1.33. The largest absolute Gasteiger partial charge is 0.480 e. The molecule has 7 nitrogen and oxygen atoms in total. The minimum absolute atomic E-state index is 0.0488. The zero-order valence-electron chi connectivity index (χ0n) is 16.1. The number of halogens is 1. The van der Waals surface area contributed by atoms with Crippen molar-refractivity contribution >= 4 is 34.6 Å². The lowest BCUT2D eigenvalue weighted by atomic mass is 10.0. The molecule has 9 heteroatoms. The van der Waals surface area contributed by atoms with Crippen molar-refractivity contribution in [2.75, 3.05) is 11.9 Å². The zero-order valence-corrected chi connectivity index (χ0v) is 16.9. The van der Waals surface area contributed by atoms with Gasteiger partial charge in [0.15, 0.2) is 6.61 Å². The van der Waals surface area contributed by atoms with E-state index in [1.165, 1.54) is 24.3 Å². The molecular weight excluding hydrogens is 423 g/mol. The number of benzene rings is 3. The molecule has 0 saturated carbocycles.